The van der Waals surface area contributed by atoms with Crippen LogP contribution in [-0.4, -0.2) is 48.1 Å². The molecule has 0 aromatic heterocycles. The third kappa shape index (κ3) is 9.67. The Bertz CT molecular complexity index is 1400. The zero-order chi connectivity index (χ0) is 31.7. The predicted octanol–water partition coefficient (Wildman–Crippen LogP) is 5.89. The lowest BCUT2D eigenvalue weighted by Crippen LogP contribution is -2.46. The predicted molar refractivity (Wildman–Crippen MR) is 173 cm³/mol. The molecule has 234 valence electrons. The fourth-order valence-corrected chi connectivity index (χ4v) is 5.25. The maximum atomic E-state index is 13.8. The highest BCUT2D eigenvalue weighted by Gasteiger charge is 2.28. The number of ether oxygens (including phenoxy) is 1. The summed E-state index contributed by atoms with van der Waals surface area (Å²) in [4.78, 5) is 40.9. The van der Waals surface area contributed by atoms with Crippen LogP contribution in [0.15, 0.2) is 78.9 Å². The number of para-hydroxylation sites is 1. The summed E-state index contributed by atoms with van der Waals surface area (Å²) in [6.45, 7) is 9.30. The fourth-order valence-electron chi connectivity index (χ4n) is 5.25. The van der Waals surface area contributed by atoms with Gasteiger partial charge in [0.2, 0.25) is 11.8 Å². The molecule has 0 bridgehead atoms. The van der Waals surface area contributed by atoms with E-state index in [9.17, 15) is 19.5 Å². The number of aliphatic hydroxyl groups excluding tert-OH is 1. The largest absolute Gasteiger partial charge is 0.457 e. The van der Waals surface area contributed by atoms with Gasteiger partial charge in [0.25, 0.3) is 5.91 Å². The molecule has 0 aliphatic carbocycles. The second kappa shape index (κ2) is 15.0. The van der Waals surface area contributed by atoms with Crippen molar-refractivity contribution in [2.24, 2.45) is 11.3 Å². The number of aliphatic hydroxyl groups is 1. The number of anilines is 1. The third-order valence-corrected chi connectivity index (χ3v) is 7.81. The molecular formula is C36H45N3O5. The first-order valence-corrected chi connectivity index (χ1v) is 15.5. The maximum absolute atomic E-state index is 13.8. The summed E-state index contributed by atoms with van der Waals surface area (Å²) in [5, 5.41) is 17.4. The van der Waals surface area contributed by atoms with Crippen molar-refractivity contribution in [2.45, 2.75) is 71.9 Å². The molecular weight excluding hydrogens is 554 g/mol. The van der Waals surface area contributed by atoms with E-state index in [2.05, 4.69) is 31.4 Å². The molecule has 1 aliphatic heterocycles. The number of rotatable bonds is 13. The number of hydrogen-bond donors (Lipinski definition) is 3. The molecule has 0 saturated carbocycles. The molecule has 1 fully saturated rings. The summed E-state index contributed by atoms with van der Waals surface area (Å²) in [6.07, 6.45) is 1.63. The highest BCUT2D eigenvalue weighted by molar-refractivity contribution is 5.99. The fraction of sp³-hybridized carbons (Fsp3) is 0.417. The zero-order valence-corrected chi connectivity index (χ0v) is 26.2. The number of benzene rings is 3. The van der Waals surface area contributed by atoms with Crippen molar-refractivity contribution < 1.29 is 24.2 Å². The second-order valence-corrected chi connectivity index (χ2v) is 12.9. The lowest BCUT2D eigenvalue weighted by molar-refractivity contribution is -0.125. The van der Waals surface area contributed by atoms with Gasteiger partial charge in [-0.25, -0.2) is 0 Å². The molecule has 0 spiro atoms. The Balaban J connectivity index is 1.54. The van der Waals surface area contributed by atoms with Crippen LogP contribution in [0, 0.1) is 11.3 Å². The SMILES string of the molecule is C[C@H](C[C@@H](O)[C@H](Cc1ccccc1)NC(=O)c1cc(Oc2ccccc2)cc(N2CCCC2=O)c1)C(=O)NCCC(C)(C)C. The summed E-state index contributed by atoms with van der Waals surface area (Å²) >= 11 is 0. The molecule has 8 heteroatoms. The van der Waals surface area contributed by atoms with Gasteiger partial charge in [-0.05, 0) is 60.9 Å². The summed E-state index contributed by atoms with van der Waals surface area (Å²) in [7, 11) is 0. The number of nitrogens with zero attached hydrogens (tertiary/aromatic N) is 1. The van der Waals surface area contributed by atoms with E-state index in [1.807, 2.05) is 60.7 Å². The molecule has 1 heterocycles. The van der Waals surface area contributed by atoms with E-state index < -0.39 is 24.0 Å². The van der Waals surface area contributed by atoms with Gasteiger partial charge >= 0.3 is 0 Å². The van der Waals surface area contributed by atoms with Gasteiger partial charge in [0.15, 0.2) is 0 Å². The molecule has 3 aromatic carbocycles. The molecule has 3 atom stereocenters. The number of carbonyl (C=O) groups is 3. The topological polar surface area (TPSA) is 108 Å². The first-order valence-electron chi connectivity index (χ1n) is 15.5. The monoisotopic (exact) mass is 599 g/mol. The molecule has 0 radical (unpaired) electrons. The Hall–Kier alpha value is -4.17. The quantitative estimate of drug-likeness (QED) is 0.227. The van der Waals surface area contributed by atoms with Crippen molar-refractivity contribution in [3.05, 3.63) is 90.0 Å². The first kappa shape index (κ1) is 32.7. The van der Waals surface area contributed by atoms with E-state index in [4.69, 9.17) is 4.74 Å². The summed E-state index contributed by atoms with van der Waals surface area (Å²) < 4.78 is 6.07. The summed E-state index contributed by atoms with van der Waals surface area (Å²) in [5.41, 5.74) is 1.95. The number of nitrogens with one attached hydrogen (secondary N) is 2. The maximum Gasteiger partial charge on any atom is 0.251 e. The highest BCUT2D eigenvalue weighted by Crippen LogP contribution is 2.31. The molecule has 44 heavy (non-hydrogen) atoms. The van der Waals surface area contributed by atoms with E-state index in [0.717, 1.165) is 18.4 Å². The van der Waals surface area contributed by atoms with Gasteiger partial charge in [0.1, 0.15) is 11.5 Å². The van der Waals surface area contributed by atoms with Crippen LogP contribution in [-0.2, 0) is 16.0 Å². The Morgan fingerprint density at radius 2 is 1.66 bits per heavy atom. The molecule has 1 aliphatic rings. The van der Waals surface area contributed by atoms with E-state index >= 15 is 0 Å². The smallest absolute Gasteiger partial charge is 0.251 e. The minimum absolute atomic E-state index is 0.000333. The van der Waals surface area contributed by atoms with E-state index in [1.165, 1.54) is 0 Å². The second-order valence-electron chi connectivity index (χ2n) is 12.9. The van der Waals surface area contributed by atoms with Crippen molar-refractivity contribution in [1.82, 2.24) is 10.6 Å². The van der Waals surface area contributed by atoms with Crippen LogP contribution in [0.5, 0.6) is 11.5 Å². The average Bonchev–Trinajstić information content (AvgIpc) is 3.42. The van der Waals surface area contributed by atoms with E-state index in [1.54, 1.807) is 30.0 Å². The van der Waals surface area contributed by atoms with Crippen LogP contribution < -0.4 is 20.3 Å². The normalized spacial score (nSPS) is 15.4. The molecule has 3 aromatic rings. The van der Waals surface area contributed by atoms with Crippen LogP contribution in [0.1, 0.15) is 69.3 Å². The van der Waals surface area contributed by atoms with Gasteiger partial charge < -0.3 is 25.4 Å². The van der Waals surface area contributed by atoms with Crippen molar-refractivity contribution >= 4 is 23.4 Å². The van der Waals surface area contributed by atoms with E-state index in [0.29, 0.717) is 48.7 Å². The minimum Gasteiger partial charge on any atom is -0.457 e. The molecule has 3 amide bonds. The molecule has 8 nitrogen and oxygen atoms in total. The van der Waals surface area contributed by atoms with Crippen LogP contribution in [0.3, 0.4) is 0 Å². The van der Waals surface area contributed by atoms with Gasteiger partial charge in [-0.15, -0.1) is 0 Å². The van der Waals surface area contributed by atoms with Crippen LogP contribution in [0.4, 0.5) is 5.69 Å². The van der Waals surface area contributed by atoms with Crippen molar-refractivity contribution in [3.8, 4) is 11.5 Å². The summed E-state index contributed by atoms with van der Waals surface area (Å²) in [5.74, 6) is 0.0634. The standard InChI is InChI=1S/C36H45N3O5/c1-25(34(42)37-18-17-36(2,3)4)20-32(40)31(21-26-12-7-5-8-13-26)38-35(43)27-22-28(39-19-11-16-33(39)41)24-30(23-27)44-29-14-9-6-10-15-29/h5-10,12-15,22-25,31-32,40H,11,16-21H2,1-4H3,(H,37,42)(H,38,43)/t25-,31+,32-/m1/s1. The van der Waals surface area contributed by atoms with Crippen LogP contribution in [0.2, 0.25) is 0 Å². The van der Waals surface area contributed by atoms with Crippen LogP contribution >= 0.6 is 0 Å². The Labute approximate surface area is 260 Å². The third-order valence-electron chi connectivity index (χ3n) is 7.81. The van der Waals surface area contributed by atoms with Crippen molar-refractivity contribution in [3.63, 3.8) is 0 Å². The highest BCUT2D eigenvalue weighted by atomic mass is 16.5. The Morgan fingerprint density at radius 3 is 2.30 bits per heavy atom. The number of hydrogen-bond acceptors (Lipinski definition) is 5. The van der Waals surface area contributed by atoms with E-state index in [-0.39, 0.29) is 23.7 Å². The molecule has 3 N–H and O–H groups in total. The first-order chi connectivity index (χ1) is 21.0. The number of carbonyl (C=O) groups excluding carboxylic acids is 3. The number of amides is 3. The zero-order valence-electron chi connectivity index (χ0n) is 26.2. The minimum atomic E-state index is -0.981. The molecule has 0 unspecified atom stereocenters. The molecule has 1 saturated heterocycles. The van der Waals surface area contributed by atoms with Gasteiger partial charge in [0.05, 0.1) is 12.1 Å². The van der Waals surface area contributed by atoms with Gasteiger partial charge in [-0.3, -0.25) is 14.4 Å². The lowest BCUT2D eigenvalue weighted by Gasteiger charge is -2.27. The lowest BCUT2D eigenvalue weighted by atomic mass is 9.91. The van der Waals surface area contributed by atoms with Crippen LogP contribution in [0.25, 0.3) is 0 Å². The molecule has 4 rings (SSSR count). The van der Waals surface area contributed by atoms with Crippen molar-refractivity contribution in [2.75, 3.05) is 18.0 Å². The summed E-state index contributed by atoms with van der Waals surface area (Å²) in [6, 6.07) is 23.3. The Morgan fingerprint density at radius 1 is 0.977 bits per heavy atom. The van der Waals surface area contributed by atoms with Crippen molar-refractivity contribution in [1.29, 1.82) is 0 Å². The van der Waals surface area contributed by atoms with Gasteiger partial charge in [-0.2, -0.15) is 0 Å². The van der Waals surface area contributed by atoms with Gasteiger partial charge in [-0.1, -0.05) is 76.2 Å². The average molecular weight is 600 g/mol. The van der Waals surface area contributed by atoms with Gasteiger partial charge in [0, 0.05) is 42.7 Å². The Kier molecular flexibility index (Phi) is 11.2.